The minimum absolute atomic E-state index is 0.366. The van der Waals surface area contributed by atoms with Gasteiger partial charge in [0, 0.05) is 32.6 Å². The Morgan fingerprint density at radius 1 is 1.24 bits per heavy atom. The second-order valence-corrected chi connectivity index (χ2v) is 6.82. The summed E-state index contributed by atoms with van der Waals surface area (Å²) >= 11 is 0. The van der Waals surface area contributed by atoms with Crippen LogP contribution in [0.5, 0.6) is 0 Å². The average molecular weight is 289 g/mol. The number of amides is 1. The summed E-state index contributed by atoms with van der Waals surface area (Å²) in [6.07, 6.45) is 7.77. The number of rotatable bonds is 3. The van der Waals surface area contributed by atoms with Gasteiger partial charge in [0.05, 0.1) is 0 Å². The molecule has 1 saturated heterocycles. The second-order valence-electron chi connectivity index (χ2n) is 6.82. The highest BCUT2D eigenvalue weighted by atomic mass is 16.2. The summed E-state index contributed by atoms with van der Waals surface area (Å²) in [7, 11) is 0. The molecule has 2 aliphatic carbocycles. The maximum Gasteiger partial charge on any atom is 0.222 e. The third-order valence-electron chi connectivity index (χ3n) is 5.66. The Morgan fingerprint density at radius 3 is 2.71 bits per heavy atom. The van der Waals surface area contributed by atoms with Crippen molar-refractivity contribution in [3.8, 4) is 0 Å². The summed E-state index contributed by atoms with van der Waals surface area (Å²) in [5, 5.41) is 6.77. The van der Waals surface area contributed by atoms with Gasteiger partial charge in [0.1, 0.15) is 6.33 Å². The molecule has 1 N–H and O–H groups in total. The molecule has 2 saturated carbocycles. The van der Waals surface area contributed by atoms with E-state index in [0.29, 0.717) is 11.8 Å². The summed E-state index contributed by atoms with van der Waals surface area (Å²) in [5.74, 6) is 3.62. The minimum atomic E-state index is 0.366. The van der Waals surface area contributed by atoms with Gasteiger partial charge < -0.3 is 9.80 Å². The van der Waals surface area contributed by atoms with Crippen molar-refractivity contribution < 1.29 is 4.79 Å². The molecule has 4 rings (SSSR count). The van der Waals surface area contributed by atoms with E-state index in [2.05, 4.69) is 20.1 Å². The molecule has 3 atom stereocenters. The van der Waals surface area contributed by atoms with E-state index in [1.165, 1.54) is 32.0 Å². The summed E-state index contributed by atoms with van der Waals surface area (Å²) in [4.78, 5) is 20.9. The van der Waals surface area contributed by atoms with E-state index in [9.17, 15) is 4.79 Å². The highest BCUT2D eigenvalue weighted by molar-refractivity contribution is 5.76. The molecule has 2 bridgehead atoms. The van der Waals surface area contributed by atoms with Gasteiger partial charge in [0.15, 0.2) is 0 Å². The van der Waals surface area contributed by atoms with E-state index in [4.69, 9.17) is 0 Å². The standard InChI is InChI=1S/C15H23N5O/c21-14(9-13-8-11-1-2-12(13)7-11)19-3-5-20(6-4-19)15-16-10-17-18-15/h10-13H,1-9H2,(H,16,17,18). The lowest BCUT2D eigenvalue weighted by Crippen LogP contribution is -2.49. The first kappa shape index (κ1) is 13.1. The molecule has 0 aromatic carbocycles. The van der Waals surface area contributed by atoms with Gasteiger partial charge in [-0.15, -0.1) is 0 Å². The lowest BCUT2D eigenvalue weighted by atomic mass is 9.86. The lowest BCUT2D eigenvalue weighted by molar-refractivity contribution is -0.132. The largest absolute Gasteiger partial charge is 0.339 e. The topological polar surface area (TPSA) is 65.1 Å². The molecular weight excluding hydrogens is 266 g/mol. The highest BCUT2D eigenvalue weighted by Gasteiger charge is 2.40. The summed E-state index contributed by atoms with van der Waals surface area (Å²) < 4.78 is 0. The summed E-state index contributed by atoms with van der Waals surface area (Å²) in [6.45, 7) is 3.30. The van der Waals surface area contributed by atoms with Gasteiger partial charge in [-0.2, -0.15) is 10.1 Å². The van der Waals surface area contributed by atoms with Crippen molar-refractivity contribution in [2.45, 2.75) is 32.1 Å². The predicted octanol–water partition coefficient (Wildman–Crippen LogP) is 1.28. The minimum Gasteiger partial charge on any atom is -0.339 e. The van der Waals surface area contributed by atoms with Crippen molar-refractivity contribution in [3.63, 3.8) is 0 Å². The van der Waals surface area contributed by atoms with Gasteiger partial charge in [-0.05, 0) is 37.0 Å². The zero-order chi connectivity index (χ0) is 14.2. The third-order valence-corrected chi connectivity index (χ3v) is 5.66. The van der Waals surface area contributed by atoms with E-state index in [-0.39, 0.29) is 0 Å². The fourth-order valence-electron chi connectivity index (χ4n) is 4.50. The number of anilines is 1. The molecular formula is C15H23N5O. The van der Waals surface area contributed by atoms with Crippen LogP contribution in [0.2, 0.25) is 0 Å². The number of fused-ring (bicyclic) bond motifs is 2. The number of aromatic nitrogens is 3. The molecule has 6 nitrogen and oxygen atoms in total. The number of carbonyl (C=O) groups is 1. The van der Waals surface area contributed by atoms with Gasteiger partial charge in [-0.1, -0.05) is 6.42 Å². The molecule has 1 aromatic rings. The Hall–Kier alpha value is -1.59. The Labute approximate surface area is 124 Å². The molecule has 6 heteroatoms. The molecule has 0 spiro atoms. The zero-order valence-electron chi connectivity index (χ0n) is 12.4. The highest BCUT2D eigenvalue weighted by Crippen LogP contribution is 2.49. The number of nitrogens with zero attached hydrogens (tertiary/aromatic N) is 4. The molecule has 1 amide bonds. The van der Waals surface area contributed by atoms with Crippen molar-refractivity contribution in [2.24, 2.45) is 17.8 Å². The Morgan fingerprint density at radius 2 is 2.10 bits per heavy atom. The number of carbonyl (C=O) groups excluding carboxylic acids is 1. The van der Waals surface area contributed by atoms with Crippen LogP contribution >= 0.6 is 0 Å². The zero-order valence-corrected chi connectivity index (χ0v) is 12.4. The van der Waals surface area contributed by atoms with Crippen LogP contribution in [0.4, 0.5) is 5.95 Å². The Balaban J connectivity index is 1.29. The van der Waals surface area contributed by atoms with Crippen molar-refractivity contribution >= 4 is 11.9 Å². The van der Waals surface area contributed by atoms with Crippen molar-refractivity contribution in [3.05, 3.63) is 6.33 Å². The predicted molar refractivity (Wildman–Crippen MR) is 78.7 cm³/mol. The molecule has 114 valence electrons. The van der Waals surface area contributed by atoms with Crippen LogP contribution in [0.25, 0.3) is 0 Å². The van der Waals surface area contributed by atoms with Gasteiger partial charge in [0.2, 0.25) is 11.9 Å². The average Bonchev–Trinajstić information content (AvgIpc) is 3.25. The molecule has 3 fully saturated rings. The van der Waals surface area contributed by atoms with Crippen LogP contribution in [0, 0.1) is 17.8 Å². The molecule has 21 heavy (non-hydrogen) atoms. The van der Waals surface area contributed by atoms with Gasteiger partial charge in [-0.25, -0.2) is 5.10 Å². The number of piperazine rings is 1. The first-order valence-corrected chi connectivity index (χ1v) is 8.17. The van der Waals surface area contributed by atoms with Crippen LogP contribution in [0.3, 0.4) is 0 Å². The van der Waals surface area contributed by atoms with Crippen LogP contribution in [-0.4, -0.2) is 52.2 Å². The summed E-state index contributed by atoms with van der Waals surface area (Å²) in [6, 6.07) is 0. The number of aromatic amines is 1. The molecule has 1 aliphatic heterocycles. The fourth-order valence-corrected chi connectivity index (χ4v) is 4.50. The molecule has 3 aliphatic rings. The van der Waals surface area contributed by atoms with Gasteiger partial charge in [-0.3, -0.25) is 4.79 Å². The van der Waals surface area contributed by atoms with Crippen molar-refractivity contribution in [1.82, 2.24) is 20.1 Å². The Bertz CT molecular complexity index is 494. The molecule has 3 unspecified atom stereocenters. The van der Waals surface area contributed by atoms with E-state index >= 15 is 0 Å². The van der Waals surface area contributed by atoms with E-state index < -0.39 is 0 Å². The lowest BCUT2D eigenvalue weighted by Gasteiger charge is -2.35. The number of H-pyrrole nitrogens is 1. The number of hydrogen-bond donors (Lipinski definition) is 1. The number of hydrogen-bond acceptors (Lipinski definition) is 4. The maximum absolute atomic E-state index is 12.5. The smallest absolute Gasteiger partial charge is 0.222 e. The fraction of sp³-hybridized carbons (Fsp3) is 0.800. The molecule has 0 radical (unpaired) electrons. The van der Waals surface area contributed by atoms with Crippen LogP contribution in [0.1, 0.15) is 32.1 Å². The van der Waals surface area contributed by atoms with Crippen molar-refractivity contribution in [1.29, 1.82) is 0 Å². The SMILES string of the molecule is O=C(CC1CC2CCC1C2)N1CCN(c2ncn[nH]2)CC1. The summed E-state index contributed by atoms with van der Waals surface area (Å²) in [5.41, 5.74) is 0. The molecule has 2 heterocycles. The Kier molecular flexibility index (Phi) is 3.31. The van der Waals surface area contributed by atoms with E-state index in [1.54, 1.807) is 0 Å². The van der Waals surface area contributed by atoms with Crippen LogP contribution in [-0.2, 0) is 4.79 Å². The second kappa shape index (κ2) is 5.31. The van der Waals surface area contributed by atoms with E-state index in [1.807, 2.05) is 4.90 Å². The molecule has 1 aromatic heterocycles. The maximum atomic E-state index is 12.5. The quantitative estimate of drug-likeness (QED) is 0.910. The van der Waals surface area contributed by atoms with Gasteiger partial charge >= 0.3 is 0 Å². The van der Waals surface area contributed by atoms with Crippen molar-refractivity contribution in [2.75, 3.05) is 31.1 Å². The third kappa shape index (κ3) is 2.51. The monoisotopic (exact) mass is 289 g/mol. The van der Waals surface area contributed by atoms with E-state index in [0.717, 1.165) is 50.4 Å². The first-order chi connectivity index (χ1) is 10.3. The van der Waals surface area contributed by atoms with Crippen LogP contribution in [0.15, 0.2) is 6.33 Å². The number of nitrogens with one attached hydrogen (secondary N) is 1. The first-order valence-electron chi connectivity index (χ1n) is 8.17. The normalized spacial score (nSPS) is 31.9. The van der Waals surface area contributed by atoms with Gasteiger partial charge in [0.25, 0.3) is 0 Å². The van der Waals surface area contributed by atoms with Crippen LogP contribution < -0.4 is 4.90 Å².